The molecule has 202 valence electrons. The summed E-state index contributed by atoms with van der Waals surface area (Å²) in [5.74, 6) is 0. The Morgan fingerprint density at radius 3 is 1.65 bits per heavy atom. The minimum absolute atomic E-state index is 0.293. The van der Waals surface area contributed by atoms with E-state index in [1.807, 2.05) is 54.6 Å². The number of hydrogen-bond donors (Lipinski definition) is 0. The second kappa shape index (κ2) is 8.78. The van der Waals surface area contributed by atoms with Gasteiger partial charge in [0.25, 0.3) is 11.1 Å². The summed E-state index contributed by atoms with van der Waals surface area (Å²) in [5.41, 5.74) is 8.74. The van der Waals surface area contributed by atoms with Crippen LogP contribution in [0.15, 0.2) is 147 Å². The average Bonchev–Trinajstić information content (AvgIpc) is 3.69. The lowest BCUT2D eigenvalue weighted by atomic mass is 9.98. The van der Waals surface area contributed by atoms with Crippen molar-refractivity contribution < 1.29 is 4.42 Å². The summed E-state index contributed by atoms with van der Waals surface area (Å²) in [6.45, 7) is 0. The third kappa shape index (κ3) is 3.33. The van der Waals surface area contributed by atoms with Gasteiger partial charge in [0.2, 0.25) is 0 Å². The van der Waals surface area contributed by atoms with E-state index in [1.165, 1.54) is 4.52 Å². The van der Waals surface area contributed by atoms with Crippen molar-refractivity contribution in [3.63, 3.8) is 0 Å². The van der Waals surface area contributed by atoms with Gasteiger partial charge < -0.3 is 4.42 Å². The van der Waals surface area contributed by atoms with E-state index in [0.29, 0.717) is 10.8 Å². The quantitative estimate of drug-likeness (QED) is 0.220. The molecule has 0 radical (unpaired) electrons. The summed E-state index contributed by atoms with van der Waals surface area (Å²) in [4.78, 5) is 26.3. The summed E-state index contributed by atoms with van der Waals surface area (Å²) >= 11 is 0. The molecule has 9 rings (SSSR count). The Morgan fingerprint density at radius 1 is 0.395 bits per heavy atom. The zero-order valence-electron chi connectivity index (χ0n) is 22.8. The fourth-order valence-corrected chi connectivity index (χ4v) is 6.49. The van der Waals surface area contributed by atoms with Crippen LogP contribution in [0.1, 0.15) is 0 Å². The fourth-order valence-electron chi connectivity index (χ4n) is 6.49. The molecule has 0 aliphatic heterocycles. The molecule has 0 saturated heterocycles. The zero-order valence-corrected chi connectivity index (χ0v) is 22.8. The Bertz CT molecular complexity index is 2640. The molecule has 0 aliphatic rings. The fraction of sp³-hybridized carbons (Fsp3) is 0. The minimum Gasteiger partial charge on any atom is -0.455 e. The van der Waals surface area contributed by atoms with Crippen LogP contribution in [0.25, 0.3) is 77.1 Å². The van der Waals surface area contributed by atoms with Gasteiger partial charge in [0.1, 0.15) is 11.2 Å². The molecule has 0 saturated carbocycles. The largest absolute Gasteiger partial charge is 0.455 e. The molecule has 0 bridgehead atoms. The molecular weight excluding hydrogens is 532 g/mol. The van der Waals surface area contributed by atoms with Crippen molar-refractivity contribution in [2.45, 2.75) is 0 Å². The van der Waals surface area contributed by atoms with E-state index in [0.717, 1.165) is 66.4 Å². The predicted octanol–water partition coefficient (Wildman–Crippen LogP) is 8.40. The van der Waals surface area contributed by atoms with Crippen molar-refractivity contribution in [2.75, 3.05) is 0 Å². The number of benzene rings is 6. The number of aromatic nitrogens is 2. The van der Waals surface area contributed by atoms with E-state index in [4.69, 9.17) is 4.42 Å². The molecule has 5 heteroatoms. The molecule has 6 aromatic carbocycles. The molecule has 3 heterocycles. The van der Waals surface area contributed by atoms with Gasteiger partial charge >= 0.3 is 0 Å². The SMILES string of the molecule is O=c1c2ccccc2n2c3ccc(-c4ccc(-c5cccc6c5oc5c(-c7ccccc7)cccc56)cc4)cc3c(=O)n12. The van der Waals surface area contributed by atoms with Gasteiger partial charge in [-0.1, -0.05) is 109 Å². The molecule has 0 fully saturated rings. The van der Waals surface area contributed by atoms with E-state index in [2.05, 4.69) is 72.8 Å². The molecule has 0 spiro atoms. The van der Waals surface area contributed by atoms with Gasteiger partial charge in [0, 0.05) is 21.9 Å². The van der Waals surface area contributed by atoms with Gasteiger partial charge in [-0.15, -0.1) is 0 Å². The number of hydrogen-bond acceptors (Lipinski definition) is 3. The lowest BCUT2D eigenvalue weighted by Gasteiger charge is -2.06. The maximum atomic E-state index is 13.3. The molecule has 0 amide bonds. The lowest BCUT2D eigenvalue weighted by Crippen LogP contribution is -2.21. The number of nitrogens with zero attached hydrogens (tertiary/aromatic N) is 2. The minimum atomic E-state index is -0.305. The number of fused-ring (bicyclic) bond motifs is 8. The molecule has 3 aromatic heterocycles. The van der Waals surface area contributed by atoms with Crippen molar-refractivity contribution in [2.24, 2.45) is 0 Å². The maximum absolute atomic E-state index is 13.3. The van der Waals surface area contributed by atoms with Crippen LogP contribution in [0.4, 0.5) is 0 Å². The van der Waals surface area contributed by atoms with E-state index >= 15 is 0 Å². The Labute approximate surface area is 244 Å². The summed E-state index contributed by atoms with van der Waals surface area (Å²) < 4.78 is 9.55. The standard InChI is InChI=1S/C38H22N2O3/c41-37-31-10-4-5-15-33(31)39-34-21-20-26(22-32(34)38(42)40(37)39)23-16-18-25(19-17-23)28-12-7-14-30-29-13-6-11-27(35(29)43-36(28)30)24-8-2-1-3-9-24/h1-22H. The number of furan rings is 1. The van der Waals surface area contributed by atoms with Gasteiger partial charge in [-0.3, -0.25) is 9.59 Å². The van der Waals surface area contributed by atoms with Gasteiger partial charge in [-0.2, -0.15) is 4.52 Å². The zero-order chi connectivity index (χ0) is 28.7. The number of rotatable bonds is 3. The van der Waals surface area contributed by atoms with Crippen molar-refractivity contribution in [3.05, 3.63) is 154 Å². The summed E-state index contributed by atoms with van der Waals surface area (Å²) in [5, 5.41) is 3.23. The molecule has 43 heavy (non-hydrogen) atoms. The van der Waals surface area contributed by atoms with Crippen molar-refractivity contribution in [3.8, 4) is 33.4 Å². The van der Waals surface area contributed by atoms with Crippen molar-refractivity contribution in [1.29, 1.82) is 0 Å². The smallest absolute Gasteiger partial charge is 0.282 e. The van der Waals surface area contributed by atoms with Gasteiger partial charge in [0.05, 0.1) is 21.8 Å². The van der Waals surface area contributed by atoms with Gasteiger partial charge in [0.15, 0.2) is 0 Å². The van der Waals surface area contributed by atoms with Crippen LogP contribution in [0.2, 0.25) is 0 Å². The van der Waals surface area contributed by atoms with Crippen LogP contribution in [0.5, 0.6) is 0 Å². The topological polar surface area (TPSA) is 56.1 Å². The van der Waals surface area contributed by atoms with Crippen LogP contribution < -0.4 is 11.1 Å². The van der Waals surface area contributed by atoms with Crippen molar-refractivity contribution >= 4 is 43.7 Å². The van der Waals surface area contributed by atoms with E-state index < -0.39 is 0 Å². The third-order valence-corrected chi connectivity index (χ3v) is 8.54. The Hall–Kier alpha value is -5.94. The van der Waals surface area contributed by atoms with Crippen LogP contribution in [-0.4, -0.2) is 9.03 Å². The van der Waals surface area contributed by atoms with Crippen LogP contribution in [-0.2, 0) is 0 Å². The summed E-state index contributed by atoms with van der Waals surface area (Å²) in [7, 11) is 0. The van der Waals surface area contributed by atoms with Crippen LogP contribution >= 0.6 is 0 Å². The maximum Gasteiger partial charge on any atom is 0.282 e. The number of para-hydroxylation sites is 3. The first-order valence-corrected chi connectivity index (χ1v) is 14.2. The monoisotopic (exact) mass is 554 g/mol. The Morgan fingerprint density at radius 2 is 0.930 bits per heavy atom. The highest BCUT2D eigenvalue weighted by Crippen LogP contribution is 2.40. The summed E-state index contributed by atoms with van der Waals surface area (Å²) in [6.07, 6.45) is 0. The lowest BCUT2D eigenvalue weighted by molar-refractivity contribution is 0.671. The Balaban J connectivity index is 1.15. The van der Waals surface area contributed by atoms with Gasteiger partial charge in [-0.25, -0.2) is 4.52 Å². The van der Waals surface area contributed by atoms with Crippen LogP contribution in [0.3, 0.4) is 0 Å². The molecule has 5 nitrogen and oxygen atoms in total. The highest BCUT2D eigenvalue weighted by molar-refractivity contribution is 6.13. The molecule has 0 unspecified atom stereocenters. The van der Waals surface area contributed by atoms with Crippen molar-refractivity contribution in [1.82, 2.24) is 9.03 Å². The highest BCUT2D eigenvalue weighted by Gasteiger charge is 2.18. The molecule has 9 aromatic rings. The van der Waals surface area contributed by atoms with E-state index in [-0.39, 0.29) is 11.1 Å². The summed E-state index contributed by atoms with van der Waals surface area (Å²) in [6, 6.07) is 44.3. The van der Waals surface area contributed by atoms with E-state index in [9.17, 15) is 9.59 Å². The first-order chi connectivity index (χ1) is 21.2. The second-order valence-corrected chi connectivity index (χ2v) is 10.9. The van der Waals surface area contributed by atoms with E-state index in [1.54, 1.807) is 10.6 Å². The molecule has 0 atom stereocenters. The predicted molar refractivity (Wildman–Crippen MR) is 173 cm³/mol. The molecular formula is C38H22N2O3. The Kier molecular flexibility index (Phi) is 4.85. The van der Waals surface area contributed by atoms with Crippen LogP contribution in [0, 0.1) is 0 Å². The third-order valence-electron chi connectivity index (χ3n) is 8.54. The molecule has 0 aliphatic carbocycles. The average molecular weight is 555 g/mol. The normalized spacial score (nSPS) is 11.9. The highest BCUT2D eigenvalue weighted by atomic mass is 16.3. The molecule has 0 N–H and O–H groups in total. The second-order valence-electron chi connectivity index (χ2n) is 10.9. The van der Waals surface area contributed by atoms with Gasteiger partial charge in [-0.05, 0) is 46.5 Å². The first-order valence-electron chi connectivity index (χ1n) is 14.2. The first kappa shape index (κ1) is 23.7.